The molecule has 0 atom stereocenters. The van der Waals surface area contributed by atoms with E-state index in [0.29, 0.717) is 24.9 Å². The molecule has 1 saturated heterocycles. The summed E-state index contributed by atoms with van der Waals surface area (Å²) >= 11 is 0. The van der Waals surface area contributed by atoms with Gasteiger partial charge in [-0.05, 0) is 57.8 Å². The molecule has 0 bridgehead atoms. The van der Waals surface area contributed by atoms with Crippen LogP contribution in [0, 0.1) is 5.41 Å². The lowest BCUT2D eigenvalue weighted by molar-refractivity contribution is -0.135. The molecule has 1 heterocycles. The van der Waals surface area contributed by atoms with E-state index in [1.54, 1.807) is 0 Å². The van der Waals surface area contributed by atoms with Crippen LogP contribution in [0.15, 0.2) is 0 Å². The van der Waals surface area contributed by atoms with Crippen molar-refractivity contribution in [3.8, 4) is 0 Å². The monoisotopic (exact) mass is 281 g/mol. The molecule has 4 heteroatoms. The van der Waals surface area contributed by atoms with E-state index in [9.17, 15) is 4.79 Å². The van der Waals surface area contributed by atoms with E-state index in [2.05, 4.69) is 11.9 Å². The minimum Gasteiger partial charge on any atom is -0.343 e. The minimum atomic E-state index is 0.0923. The van der Waals surface area contributed by atoms with Crippen LogP contribution in [-0.4, -0.2) is 55.5 Å². The summed E-state index contributed by atoms with van der Waals surface area (Å²) in [5.74, 6) is 0.312. The average molecular weight is 281 g/mol. The highest BCUT2D eigenvalue weighted by Gasteiger charge is 2.35. The van der Waals surface area contributed by atoms with Gasteiger partial charge in [-0.15, -0.1) is 0 Å². The summed E-state index contributed by atoms with van der Waals surface area (Å²) in [6.45, 7) is 2.87. The Morgan fingerprint density at radius 2 is 1.85 bits per heavy atom. The average Bonchev–Trinajstić information content (AvgIpc) is 2.48. The first-order valence-electron chi connectivity index (χ1n) is 8.21. The van der Waals surface area contributed by atoms with Gasteiger partial charge >= 0.3 is 0 Å². The zero-order valence-electron chi connectivity index (χ0n) is 13.2. The van der Waals surface area contributed by atoms with Crippen molar-refractivity contribution in [2.45, 2.75) is 57.4 Å². The number of likely N-dealkylation sites (tertiary alicyclic amines) is 1. The van der Waals surface area contributed by atoms with Crippen molar-refractivity contribution in [2.24, 2.45) is 11.1 Å². The van der Waals surface area contributed by atoms with Crippen LogP contribution in [0.25, 0.3) is 0 Å². The van der Waals surface area contributed by atoms with Crippen molar-refractivity contribution in [3.05, 3.63) is 0 Å². The Morgan fingerprint density at radius 1 is 1.25 bits per heavy atom. The highest BCUT2D eigenvalue weighted by Crippen LogP contribution is 2.39. The second-order valence-electron chi connectivity index (χ2n) is 6.98. The zero-order valence-corrected chi connectivity index (χ0v) is 13.2. The number of rotatable bonds is 4. The van der Waals surface area contributed by atoms with Crippen LogP contribution in [0.2, 0.25) is 0 Å². The fourth-order valence-electron chi connectivity index (χ4n) is 3.79. The standard InChI is InChI=1S/C16H31N3O/c1-18-10-6-14(7-11-18)19(2)15(20)12-16(13-17)8-4-3-5-9-16/h14H,3-13,17H2,1-2H3. The van der Waals surface area contributed by atoms with Crippen LogP contribution in [0.3, 0.4) is 0 Å². The van der Waals surface area contributed by atoms with E-state index in [0.717, 1.165) is 38.8 Å². The van der Waals surface area contributed by atoms with Gasteiger partial charge < -0.3 is 15.5 Å². The van der Waals surface area contributed by atoms with E-state index in [-0.39, 0.29) is 5.41 Å². The van der Waals surface area contributed by atoms with Crippen LogP contribution in [0.4, 0.5) is 0 Å². The van der Waals surface area contributed by atoms with Crippen LogP contribution in [0.5, 0.6) is 0 Å². The molecule has 20 heavy (non-hydrogen) atoms. The normalized spacial score (nSPS) is 24.6. The molecule has 116 valence electrons. The third-order valence-corrected chi connectivity index (χ3v) is 5.50. The molecule has 2 N–H and O–H groups in total. The lowest BCUT2D eigenvalue weighted by Gasteiger charge is -2.39. The number of piperidine rings is 1. The van der Waals surface area contributed by atoms with Crippen molar-refractivity contribution >= 4 is 5.91 Å². The zero-order chi connectivity index (χ0) is 14.6. The van der Waals surface area contributed by atoms with E-state index in [1.807, 2.05) is 11.9 Å². The largest absolute Gasteiger partial charge is 0.343 e. The van der Waals surface area contributed by atoms with Gasteiger partial charge in [0.1, 0.15) is 0 Å². The Morgan fingerprint density at radius 3 is 2.40 bits per heavy atom. The number of hydrogen-bond donors (Lipinski definition) is 1. The molecule has 0 aromatic carbocycles. The molecule has 1 aliphatic heterocycles. The summed E-state index contributed by atoms with van der Waals surface area (Å²) in [6, 6.07) is 0.428. The number of nitrogens with two attached hydrogens (primary N) is 1. The molecular weight excluding hydrogens is 250 g/mol. The van der Waals surface area contributed by atoms with Crippen molar-refractivity contribution in [1.82, 2.24) is 9.80 Å². The van der Waals surface area contributed by atoms with Crippen LogP contribution >= 0.6 is 0 Å². The second kappa shape index (κ2) is 6.90. The highest BCUT2D eigenvalue weighted by molar-refractivity contribution is 5.77. The molecule has 0 spiro atoms. The molecular formula is C16H31N3O. The first kappa shape index (κ1) is 15.8. The molecule has 1 amide bonds. The van der Waals surface area contributed by atoms with Gasteiger partial charge in [0.05, 0.1) is 0 Å². The summed E-state index contributed by atoms with van der Waals surface area (Å²) in [6.07, 6.45) is 8.92. The third-order valence-electron chi connectivity index (χ3n) is 5.50. The first-order valence-corrected chi connectivity index (χ1v) is 8.21. The van der Waals surface area contributed by atoms with Crippen LogP contribution in [-0.2, 0) is 4.79 Å². The smallest absolute Gasteiger partial charge is 0.223 e. The van der Waals surface area contributed by atoms with Gasteiger partial charge in [0.15, 0.2) is 0 Å². The SMILES string of the molecule is CN1CCC(N(C)C(=O)CC2(CN)CCCCC2)CC1. The summed E-state index contributed by atoms with van der Waals surface area (Å²) < 4.78 is 0. The lowest BCUT2D eigenvalue weighted by Crippen LogP contribution is -2.46. The van der Waals surface area contributed by atoms with Crippen LogP contribution in [0.1, 0.15) is 51.4 Å². The topological polar surface area (TPSA) is 49.6 Å². The van der Waals surface area contributed by atoms with Crippen molar-refractivity contribution in [1.29, 1.82) is 0 Å². The van der Waals surface area contributed by atoms with Gasteiger partial charge in [-0.25, -0.2) is 0 Å². The van der Waals surface area contributed by atoms with E-state index in [1.165, 1.54) is 19.3 Å². The van der Waals surface area contributed by atoms with Crippen molar-refractivity contribution in [2.75, 3.05) is 33.7 Å². The summed E-state index contributed by atoms with van der Waals surface area (Å²) in [5, 5.41) is 0. The third kappa shape index (κ3) is 3.73. The minimum absolute atomic E-state index is 0.0923. The predicted molar refractivity (Wildman–Crippen MR) is 82.5 cm³/mol. The lowest BCUT2D eigenvalue weighted by atomic mass is 9.71. The van der Waals surface area contributed by atoms with Crippen molar-refractivity contribution < 1.29 is 4.79 Å². The van der Waals surface area contributed by atoms with E-state index >= 15 is 0 Å². The van der Waals surface area contributed by atoms with E-state index in [4.69, 9.17) is 5.73 Å². The summed E-state index contributed by atoms with van der Waals surface area (Å²) in [5.41, 5.74) is 6.10. The van der Waals surface area contributed by atoms with Gasteiger partial charge in [0.2, 0.25) is 5.91 Å². The Labute approximate surface area is 123 Å². The molecule has 2 aliphatic rings. The van der Waals surface area contributed by atoms with Crippen molar-refractivity contribution in [3.63, 3.8) is 0 Å². The van der Waals surface area contributed by atoms with Gasteiger partial charge in [-0.2, -0.15) is 0 Å². The number of carbonyl (C=O) groups is 1. The molecule has 1 aliphatic carbocycles. The predicted octanol–water partition coefficient (Wildman–Crippen LogP) is 1.84. The van der Waals surface area contributed by atoms with Gasteiger partial charge in [0.25, 0.3) is 0 Å². The number of amides is 1. The molecule has 4 nitrogen and oxygen atoms in total. The number of nitrogens with zero attached hydrogens (tertiary/aromatic N) is 2. The quantitative estimate of drug-likeness (QED) is 0.855. The summed E-state index contributed by atoms with van der Waals surface area (Å²) in [4.78, 5) is 17.0. The second-order valence-corrected chi connectivity index (χ2v) is 6.98. The number of carbonyl (C=O) groups excluding carboxylic acids is 1. The van der Waals surface area contributed by atoms with Crippen LogP contribution < -0.4 is 5.73 Å². The molecule has 2 fully saturated rings. The maximum atomic E-state index is 12.6. The van der Waals surface area contributed by atoms with Gasteiger partial charge in [-0.1, -0.05) is 19.3 Å². The Balaban J connectivity index is 1.89. The summed E-state index contributed by atoms with van der Waals surface area (Å²) in [7, 11) is 4.15. The fraction of sp³-hybridized carbons (Fsp3) is 0.938. The molecule has 0 aromatic rings. The Hall–Kier alpha value is -0.610. The molecule has 1 saturated carbocycles. The first-order chi connectivity index (χ1) is 9.56. The number of hydrogen-bond acceptors (Lipinski definition) is 3. The molecule has 0 unspecified atom stereocenters. The Bertz CT molecular complexity index is 318. The van der Waals surface area contributed by atoms with Gasteiger partial charge in [0, 0.05) is 19.5 Å². The fourth-order valence-corrected chi connectivity index (χ4v) is 3.79. The van der Waals surface area contributed by atoms with Gasteiger partial charge in [-0.3, -0.25) is 4.79 Å². The highest BCUT2D eigenvalue weighted by atomic mass is 16.2. The molecule has 0 aromatic heterocycles. The molecule has 2 rings (SSSR count). The molecule has 0 radical (unpaired) electrons. The maximum absolute atomic E-state index is 12.6. The maximum Gasteiger partial charge on any atom is 0.223 e. The van der Waals surface area contributed by atoms with E-state index < -0.39 is 0 Å². The Kier molecular flexibility index (Phi) is 5.44.